The highest BCUT2D eigenvalue weighted by Crippen LogP contribution is 2.32. The fourth-order valence-electron chi connectivity index (χ4n) is 3.14. The van der Waals surface area contributed by atoms with E-state index >= 15 is 0 Å². The maximum atomic E-state index is 4.84. The molecule has 0 amide bonds. The van der Waals surface area contributed by atoms with Crippen LogP contribution in [0.4, 0.5) is 0 Å². The van der Waals surface area contributed by atoms with Gasteiger partial charge in [0.1, 0.15) is 11.3 Å². The summed E-state index contributed by atoms with van der Waals surface area (Å²) in [5.74, 6) is 0. The van der Waals surface area contributed by atoms with Crippen molar-refractivity contribution in [3.8, 4) is 0 Å². The zero-order valence-electron chi connectivity index (χ0n) is 11.5. The molecule has 22 heavy (non-hydrogen) atoms. The third-order valence-electron chi connectivity index (χ3n) is 4.07. The second kappa shape index (κ2) is 4.27. The van der Waals surface area contributed by atoms with Crippen molar-refractivity contribution in [2.24, 2.45) is 0 Å². The number of imidazole rings is 1. The summed E-state index contributed by atoms with van der Waals surface area (Å²) in [6, 6.07) is 18.6. The fourth-order valence-corrected chi connectivity index (χ4v) is 3.50. The summed E-state index contributed by atoms with van der Waals surface area (Å²) in [6.07, 6.45) is 1.83. The van der Waals surface area contributed by atoms with Crippen molar-refractivity contribution >= 4 is 54.4 Å². The molecule has 0 fully saturated rings. The van der Waals surface area contributed by atoms with Crippen LogP contribution in [-0.2, 0) is 0 Å². The average molecular weight is 348 g/mol. The van der Waals surface area contributed by atoms with E-state index in [9.17, 15) is 0 Å². The Morgan fingerprint density at radius 3 is 2.68 bits per heavy atom. The number of benzene rings is 2. The summed E-state index contributed by atoms with van der Waals surface area (Å²) >= 11 is 3.57. The summed E-state index contributed by atoms with van der Waals surface area (Å²) in [7, 11) is 0. The molecule has 4 heteroatoms. The van der Waals surface area contributed by atoms with Gasteiger partial charge in [-0.1, -0.05) is 34.1 Å². The molecule has 3 aromatic heterocycles. The first-order valence-electron chi connectivity index (χ1n) is 7.06. The normalized spacial score (nSPS) is 11.9. The molecule has 0 bridgehead atoms. The molecule has 0 aliphatic rings. The molecule has 0 atom stereocenters. The van der Waals surface area contributed by atoms with Gasteiger partial charge in [0, 0.05) is 21.4 Å². The van der Waals surface area contributed by atoms with Crippen molar-refractivity contribution in [2.45, 2.75) is 0 Å². The van der Waals surface area contributed by atoms with Gasteiger partial charge in [0.25, 0.3) is 0 Å². The van der Waals surface area contributed by atoms with Gasteiger partial charge in [-0.25, -0.2) is 9.97 Å². The molecule has 3 nitrogen and oxygen atoms in total. The van der Waals surface area contributed by atoms with Gasteiger partial charge in [-0.15, -0.1) is 0 Å². The zero-order valence-corrected chi connectivity index (χ0v) is 13.1. The van der Waals surface area contributed by atoms with Crippen LogP contribution in [0.1, 0.15) is 0 Å². The van der Waals surface area contributed by atoms with E-state index in [1.165, 1.54) is 5.39 Å². The van der Waals surface area contributed by atoms with Crippen molar-refractivity contribution in [3.05, 3.63) is 65.3 Å². The summed E-state index contributed by atoms with van der Waals surface area (Å²) in [5.41, 5.74) is 3.97. The molecular formula is C18H10BrN3. The number of nitrogens with zero attached hydrogens (tertiary/aromatic N) is 3. The van der Waals surface area contributed by atoms with E-state index in [1.807, 2.05) is 30.5 Å². The number of aromatic nitrogens is 3. The highest BCUT2D eigenvalue weighted by Gasteiger charge is 2.13. The lowest BCUT2D eigenvalue weighted by atomic mass is 10.1. The quantitative estimate of drug-likeness (QED) is 0.371. The van der Waals surface area contributed by atoms with Gasteiger partial charge in [0.2, 0.25) is 0 Å². The Kier molecular flexibility index (Phi) is 2.35. The summed E-state index contributed by atoms with van der Waals surface area (Å²) in [6.45, 7) is 0. The molecule has 0 N–H and O–H groups in total. The van der Waals surface area contributed by atoms with E-state index in [1.54, 1.807) is 0 Å². The lowest BCUT2D eigenvalue weighted by Crippen LogP contribution is -1.93. The maximum absolute atomic E-state index is 4.84. The molecule has 0 saturated heterocycles. The number of halogens is 1. The van der Waals surface area contributed by atoms with Crippen LogP contribution in [0.3, 0.4) is 0 Å². The Morgan fingerprint density at radius 1 is 0.818 bits per heavy atom. The Balaban J connectivity index is 2.23. The topological polar surface area (TPSA) is 30.2 Å². The van der Waals surface area contributed by atoms with E-state index in [4.69, 9.17) is 4.98 Å². The molecule has 5 rings (SSSR count). The molecule has 0 aliphatic carbocycles. The number of rotatable bonds is 0. The molecular weight excluding hydrogens is 338 g/mol. The minimum Gasteiger partial charge on any atom is -0.276 e. The van der Waals surface area contributed by atoms with E-state index in [-0.39, 0.29) is 0 Å². The first kappa shape index (κ1) is 12.1. The van der Waals surface area contributed by atoms with Crippen LogP contribution in [0.5, 0.6) is 0 Å². The summed E-state index contributed by atoms with van der Waals surface area (Å²) in [5, 5.41) is 3.45. The first-order chi connectivity index (χ1) is 10.8. The van der Waals surface area contributed by atoms with Crippen LogP contribution in [0.15, 0.2) is 65.3 Å². The molecule has 0 aliphatic heterocycles. The lowest BCUT2D eigenvalue weighted by molar-refractivity contribution is 1.23. The van der Waals surface area contributed by atoms with E-state index < -0.39 is 0 Å². The predicted octanol–water partition coefficient (Wildman–Crippen LogP) is 4.95. The van der Waals surface area contributed by atoms with Gasteiger partial charge in [-0.2, -0.15) is 0 Å². The minimum absolute atomic E-state index is 0.945. The van der Waals surface area contributed by atoms with Gasteiger partial charge in [-0.05, 0) is 41.8 Å². The highest BCUT2D eigenvalue weighted by molar-refractivity contribution is 9.10. The molecule has 0 spiro atoms. The fraction of sp³-hybridized carbons (Fsp3) is 0. The van der Waals surface area contributed by atoms with Gasteiger partial charge in [0.15, 0.2) is 0 Å². The minimum atomic E-state index is 0.945. The van der Waals surface area contributed by atoms with Gasteiger partial charge < -0.3 is 0 Å². The van der Waals surface area contributed by atoms with Crippen LogP contribution >= 0.6 is 15.9 Å². The van der Waals surface area contributed by atoms with Crippen molar-refractivity contribution in [1.82, 2.24) is 14.4 Å². The molecule has 104 valence electrons. The molecule has 0 saturated carbocycles. The maximum Gasteiger partial charge on any atom is 0.147 e. The molecule has 0 radical (unpaired) electrons. The number of hydrogen-bond donors (Lipinski definition) is 0. The van der Waals surface area contributed by atoms with Crippen molar-refractivity contribution < 1.29 is 0 Å². The second-order valence-corrected chi connectivity index (χ2v) is 6.24. The highest BCUT2D eigenvalue weighted by atomic mass is 79.9. The average Bonchev–Trinajstić information content (AvgIpc) is 2.95. The van der Waals surface area contributed by atoms with E-state index in [2.05, 4.69) is 55.6 Å². The standard InChI is InChI=1S/C18H10BrN3/c19-11-7-8-12-13-4-3-9-20-17(13)22-16-6-2-1-5-15(16)21-18(22)14(12)10-11/h1-10H. The monoisotopic (exact) mass is 347 g/mol. The van der Waals surface area contributed by atoms with Gasteiger partial charge >= 0.3 is 0 Å². The third kappa shape index (κ3) is 1.50. The smallest absolute Gasteiger partial charge is 0.147 e. The summed E-state index contributed by atoms with van der Waals surface area (Å²) in [4.78, 5) is 9.45. The van der Waals surface area contributed by atoms with Crippen molar-refractivity contribution in [1.29, 1.82) is 0 Å². The van der Waals surface area contributed by atoms with E-state index in [0.29, 0.717) is 0 Å². The number of fused-ring (bicyclic) bond motifs is 8. The molecule has 5 aromatic rings. The summed E-state index contributed by atoms with van der Waals surface area (Å²) < 4.78 is 3.21. The van der Waals surface area contributed by atoms with Crippen molar-refractivity contribution in [2.75, 3.05) is 0 Å². The van der Waals surface area contributed by atoms with Crippen molar-refractivity contribution in [3.63, 3.8) is 0 Å². The molecule has 2 aromatic carbocycles. The number of pyridine rings is 2. The predicted molar refractivity (Wildman–Crippen MR) is 93.2 cm³/mol. The Morgan fingerprint density at radius 2 is 1.73 bits per heavy atom. The molecule has 0 unspecified atom stereocenters. The van der Waals surface area contributed by atoms with Crippen LogP contribution in [-0.4, -0.2) is 14.4 Å². The number of hydrogen-bond acceptors (Lipinski definition) is 2. The van der Waals surface area contributed by atoms with Gasteiger partial charge in [-0.3, -0.25) is 4.40 Å². The lowest BCUT2D eigenvalue weighted by Gasteiger charge is -2.08. The first-order valence-corrected chi connectivity index (χ1v) is 7.85. The zero-order chi connectivity index (χ0) is 14.7. The Bertz CT molecular complexity index is 1190. The third-order valence-corrected chi connectivity index (χ3v) is 4.57. The second-order valence-electron chi connectivity index (χ2n) is 5.32. The number of para-hydroxylation sites is 2. The van der Waals surface area contributed by atoms with Crippen LogP contribution < -0.4 is 0 Å². The van der Waals surface area contributed by atoms with Crippen LogP contribution in [0.25, 0.3) is 38.5 Å². The van der Waals surface area contributed by atoms with E-state index in [0.717, 1.165) is 37.6 Å². The Labute approximate surface area is 134 Å². The SMILES string of the molecule is Brc1ccc2c3cccnc3n3c4ccccc4nc3c2c1. The largest absolute Gasteiger partial charge is 0.276 e. The van der Waals surface area contributed by atoms with Crippen LogP contribution in [0, 0.1) is 0 Å². The Hall–Kier alpha value is -2.46. The molecule has 3 heterocycles. The van der Waals surface area contributed by atoms with Crippen LogP contribution in [0.2, 0.25) is 0 Å². The van der Waals surface area contributed by atoms with Gasteiger partial charge in [0.05, 0.1) is 11.0 Å².